The van der Waals surface area contributed by atoms with E-state index in [0.717, 1.165) is 18.4 Å². The van der Waals surface area contributed by atoms with Crippen molar-refractivity contribution in [2.75, 3.05) is 13.7 Å². The first-order valence-corrected chi connectivity index (χ1v) is 9.20. The number of carbonyl (C=O) groups excluding carboxylic acids is 1. The van der Waals surface area contributed by atoms with Crippen molar-refractivity contribution in [2.45, 2.75) is 32.6 Å². The maximum absolute atomic E-state index is 12.4. The molecule has 0 saturated heterocycles. The molecule has 1 aliphatic heterocycles. The molecule has 0 atom stereocenters. The maximum atomic E-state index is 12.4. The van der Waals surface area contributed by atoms with Crippen molar-refractivity contribution in [1.82, 2.24) is 0 Å². The molecule has 142 valence electrons. The van der Waals surface area contributed by atoms with E-state index in [1.807, 2.05) is 18.2 Å². The van der Waals surface area contributed by atoms with Gasteiger partial charge in [-0.05, 0) is 42.3 Å². The molecule has 0 aromatic heterocycles. The van der Waals surface area contributed by atoms with Gasteiger partial charge in [-0.2, -0.15) is 0 Å². The summed E-state index contributed by atoms with van der Waals surface area (Å²) in [4.78, 5) is 12.4. The number of ether oxygens (including phenoxy) is 3. The lowest BCUT2D eigenvalue weighted by atomic mass is 10.1. The van der Waals surface area contributed by atoms with Crippen LogP contribution < -0.4 is 14.2 Å². The van der Waals surface area contributed by atoms with Gasteiger partial charge in [-0.3, -0.25) is 4.79 Å². The monoisotopic (exact) mass is 368 g/mol. The van der Waals surface area contributed by atoms with E-state index >= 15 is 0 Å². The molecule has 0 aliphatic carbocycles. The number of phenols is 1. The van der Waals surface area contributed by atoms with E-state index in [1.54, 1.807) is 19.3 Å². The fraction of sp³-hybridized carbons (Fsp3) is 0.318. The van der Waals surface area contributed by atoms with Crippen LogP contribution in [0.3, 0.4) is 0 Å². The number of fused-ring (bicyclic) bond motifs is 1. The van der Waals surface area contributed by atoms with Gasteiger partial charge in [0.1, 0.15) is 11.5 Å². The summed E-state index contributed by atoms with van der Waals surface area (Å²) >= 11 is 0. The van der Waals surface area contributed by atoms with Crippen LogP contribution in [0.15, 0.2) is 42.2 Å². The molecule has 0 unspecified atom stereocenters. The first-order chi connectivity index (χ1) is 13.1. The SMILES string of the molecule is CCCCCCOc1ccc(C=C2Oc3cc(O)ccc3C2=O)cc1OC. The molecule has 1 N–H and O–H groups in total. The standard InChI is InChI=1S/C22H24O5/c1-3-4-5-6-11-26-18-10-7-15(12-20(18)25-2)13-21-22(24)17-9-8-16(23)14-19(17)27-21/h7-10,12-14,23H,3-6,11H2,1-2H3. The Kier molecular flexibility index (Phi) is 6.01. The van der Waals surface area contributed by atoms with Gasteiger partial charge in [-0.1, -0.05) is 32.3 Å². The molecule has 27 heavy (non-hydrogen) atoms. The fourth-order valence-corrected chi connectivity index (χ4v) is 2.93. The Bertz CT molecular complexity index is 854. The molecule has 5 heteroatoms. The zero-order valence-electron chi connectivity index (χ0n) is 15.7. The Balaban J connectivity index is 1.72. The Labute approximate surface area is 159 Å². The lowest BCUT2D eigenvalue weighted by molar-refractivity contribution is 0.101. The summed E-state index contributed by atoms with van der Waals surface area (Å²) < 4.78 is 16.8. The van der Waals surface area contributed by atoms with E-state index < -0.39 is 0 Å². The van der Waals surface area contributed by atoms with Crippen molar-refractivity contribution in [2.24, 2.45) is 0 Å². The van der Waals surface area contributed by atoms with Crippen LogP contribution in [0.4, 0.5) is 0 Å². The molecule has 1 aliphatic rings. The number of hydrogen-bond acceptors (Lipinski definition) is 5. The van der Waals surface area contributed by atoms with Crippen LogP contribution >= 0.6 is 0 Å². The molecule has 0 fully saturated rings. The van der Waals surface area contributed by atoms with Crippen LogP contribution in [0.2, 0.25) is 0 Å². The second kappa shape index (κ2) is 8.62. The third-order valence-electron chi connectivity index (χ3n) is 4.39. The summed E-state index contributed by atoms with van der Waals surface area (Å²) in [5.41, 5.74) is 1.21. The first kappa shape index (κ1) is 18.8. The number of hydrogen-bond donors (Lipinski definition) is 1. The van der Waals surface area contributed by atoms with Gasteiger partial charge in [0.2, 0.25) is 5.78 Å². The van der Waals surface area contributed by atoms with Crippen LogP contribution in [0.1, 0.15) is 48.5 Å². The molecule has 2 aromatic rings. The third kappa shape index (κ3) is 4.42. The maximum Gasteiger partial charge on any atom is 0.231 e. The smallest absolute Gasteiger partial charge is 0.231 e. The highest BCUT2D eigenvalue weighted by atomic mass is 16.5. The van der Waals surface area contributed by atoms with E-state index in [1.165, 1.54) is 25.0 Å². The number of unbranched alkanes of at least 4 members (excludes halogenated alkanes) is 3. The summed E-state index contributed by atoms with van der Waals surface area (Å²) in [6.07, 6.45) is 6.22. The van der Waals surface area contributed by atoms with Crippen molar-refractivity contribution < 1.29 is 24.1 Å². The number of Topliss-reactive ketones (excluding diaryl/α,β-unsaturated/α-hetero) is 1. The molecule has 0 spiro atoms. The van der Waals surface area contributed by atoms with Crippen LogP contribution in [-0.2, 0) is 0 Å². The number of benzene rings is 2. The van der Waals surface area contributed by atoms with E-state index in [9.17, 15) is 9.90 Å². The zero-order valence-corrected chi connectivity index (χ0v) is 15.7. The third-order valence-corrected chi connectivity index (χ3v) is 4.39. The van der Waals surface area contributed by atoms with Gasteiger partial charge in [0.25, 0.3) is 0 Å². The van der Waals surface area contributed by atoms with Gasteiger partial charge in [-0.25, -0.2) is 0 Å². The molecule has 0 amide bonds. The van der Waals surface area contributed by atoms with E-state index in [0.29, 0.717) is 29.4 Å². The number of methoxy groups -OCH3 is 1. The molecular formula is C22H24O5. The Morgan fingerprint density at radius 3 is 2.70 bits per heavy atom. The highest BCUT2D eigenvalue weighted by molar-refractivity contribution is 6.14. The predicted molar refractivity (Wildman–Crippen MR) is 104 cm³/mol. The number of carbonyl (C=O) groups is 1. The molecule has 1 heterocycles. The van der Waals surface area contributed by atoms with Crippen LogP contribution in [0.25, 0.3) is 6.08 Å². The van der Waals surface area contributed by atoms with E-state index in [-0.39, 0.29) is 17.3 Å². The van der Waals surface area contributed by atoms with Crippen LogP contribution in [0.5, 0.6) is 23.0 Å². The van der Waals surface area contributed by atoms with Gasteiger partial charge in [0.15, 0.2) is 17.3 Å². The molecule has 2 aromatic carbocycles. The summed E-state index contributed by atoms with van der Waals surface area (Å²) in [6.45, 7) is 2.83. The lowest BCUT2D eigenvalue weighted by Gasteiger charge is -2.11. The average Bonchev–Trinajstić information content (AvgIpc) is 2.97. The van der Waals surface area contributed by atoms with Crippen molar-refractivity contribution in [3.05, 3.63) is 53.3 Å². The number of phenolic OH excluding ortho intramolecular Hbond substituents is 1. The molecule has 5 nitrogen and oxygen atoms in total. The minimum atomic E-state index is -0.208. The number of allylic oxidation sites excluding steroid dienone is 1. The summed E-state index contributed by atoms with van der Waals surface area (Å²) in [5, 5.41) is 9.53. The normalized spacial score (nSPS) is 14.1. The predicted octanol–water partition coefficient (Wildman–Crippen LogP) is 4.98. The number of aromatic hydroxyl groups is 1. The number of rotatable bonds is 8. The lowest BCUT2D eigenvalue weighted by Crippen LogP contribution is -2.00. The summed E-state index contributed by atoms with van der Waals surface area (Å²) in [6, 6.07) is 9.97. The van der Waals surface area contributed by atoms with Crippen molar-refractivity contribution in [1.29, 1.82) is 0 Å². The van der Waals surface area contributed by atoms with Gasteiger partial charge < -0.3 is 19.3 Å². The van der Waals surface area contributed by atoms with Gasteiger partial charge in [0, 0.05) is 6.07 Å². The Morgan fingerprint density at radius 1 is 1.07 bits per heavy atom. The molecule has 0 radical (unpaired) electrons. The van der Waals surface area contributed by atoms with Crippen molar-refractivity contribution in [3.63, 3.8) is 0 Å². The zero-order chi connectivity index (χ0) is 19.2. The number of ketones is 1. The first-order valence-electron chi connectivity index (χ1n) is 9.20. The molecular weight excluding hydrogens is 344 g/mol. The van der Waals surface area contributed by atoms with E-state index in [4.69, 9.17) is 14.2 Å². The second-order valence-corrected chi connectivity index (χ2v) is 6.44. The summed E-state index contributed by atoms with van der Waals surface area (Å²) in [7, 11) is 1.59. The van der Waals surface area contributed by atoms with Crippen molar-refractivity contribution in [3.8, 4) is 23.0 Å². The minimum Gasteiger partial charge on any atom is -0.508 e. The fourth-order valence-electron chi connectivity index (χ4n) is 2.93. The van der Waals surface area contributed by atoms with Crippen molar-refractivity contribution >= 4 is 11.9 Å². The van der Waals surface area contributed by atoms with Gasteiger partial charge in [0.05, 0.1) is 19.3 Å². The Hall–Kier alpha value is -2.95. The summed E-state index contributed by atoms with van der Waals surface area (Å²) in [5.74, 6) is 1.73. The van der Waals surface area contributed by atoms with Gasteiger partial charge in [-0.15, -0.1) is 0 Å². The van der Waals surface area contributed by atoms with E-state index in [2.05, 4.69) is 6.92 Å². The van der Waals surface area contributed by atoms with Gasteiger partial charge >= 0.3 is 0 Å². The van der Waals surface area contributed by atoms with Crippen LogP contribution in [0, 0.1) is 0 Å². The largest absolute Gasteiger partial charge is 0.508 e. The average molecular weight is 368 g/mol. The molecule has 3 rings (SSSR count). The van der Waals surface area contributed by atoms with Crippen LogP contribution in [-0.4, -0.2) is 24.6 Å². The topological polar surface area (TPSA) is 65.0 Å². The molecule has 0 saturated carbocycles. The highest BCUT2D eigenvalue weighted by Crippen LogP contribution is 2.35. The minimum absolute atomic E-state index is 0.0601. The second-order valence-electron chi connectivity index (χ2n) is 6.44. The highest BCUT2D eigenvalue weighted by Gasteiger charge is 2.27. The Morgan fingerprint density at radius 2 is 1.93 bits per heavy atom. The molecule has 0 bridgehead atoms. The quantitative estimate of drug-likeness (QED) is 0.526.